The van der Waals surface area contributed by atoms with E-state index < -0.39 is 18.5 Å². The van der Waals surface area contributed by atoms with Gasteiger partial charge in [-0.05, 0) is 0 Å². The van der Waals surface area contributed by atoms with Crippen LogP contribution in [0.1, 0.15) is 11.6 Å². The largest absolute Gasteiger partial charge is 0.396 e. The molecule has 1 aliphatic rings. The second-order valence-electron chi connectivity index (χ2n) is 4.15. The maximum atomic E-state index is 12.3. The van der Waals surface area contributed by atoms with Crippen molar-refractivity contribution in [3.05, 3.63) is 11.6 Å². The molecule has 2 heterocycles. The topological polar surface area (TPSA) is 77.0 Å². The molecule has 1 aromatic heterocycles. The zero-order valence-corrected chi connectivity index (χ0v) is 9.44. The summed E-state index contributed by atoms with van der Waals surface area (Å²) in [4.78, 5) is 12.5. The number of fused-ring (bicyclic) bond motifs is 1. The molecule has 1 aromatic rings. The molecular weight excluding hydrogens is 251 g/mol. The van der Waals surface area contributed by atoms with Gasteiger partial charge in [-0.3, -0.25) is 9.69 Å². The smallest absolute Gasteiger partial charge is 0.369 e. The van der Waals surface area contributed by atoms with Crippen molar-refractivity contribution in [2.45, 2.75) is 25.7 Å². The van der Waals surface area contributed by atoms with Gasteiger partial charge in [0, 0.05) is 13.1 Å². The van der Waals surface area contributed by atoms with Crippen molar-refractivity contribution in [2.75, 3.05) is 13.1 Å². The summed E-state index contributed by atoms with van der Waals surface area (Å²) >= 11 is 0. The molecule has 1 aliphatic heterocycles. The lowest BCUT2D eigenvalue weighted by molar-refractivity contribution is -0.129. The van der Waals surface area contributed by atoms with Crippen LogP contribution in [-0.4, -0.2) is 44.8 Å². The Morgan fingerprint density at radius 3 is 2.67 bits per heavy atom. The van der Waals surface area contributed by atoms with E-state index in [1.807, 2.05) is 0 Å². The van der Waals surface area contributed by atoms with Crippen molar-refractivity contribution in [2.24, 2.45) is 5.73 Å². The van der Waals surface area contributed by atoms with Crippen LogP contribution in [0.25, 0.3) is 0 Å². The summed E-state index contributed by atoms with van der Waals surface area (Å²) in [5.41, 5.74) is 5.06. The molecule has 0 aromatic carbocycles. The van der Waals surface area contributed by atoms with Crippen molar-refractivity contribution in [3.63, 3.8) is 0 Å². The maximum absolute atomic E-state index is 12.3. The van der Waals surface area contributed by atoms with E-state index in [0.29, 0.717) is 18.9 Å². The Labute approximate surface area is 101 Å². The molecule has 18 heavy (non-hydrogen) atoms. The molecule has 0 saturated carbocycles. The van der Waals surface area contributed by atoms with Gasteiger partial charge in [0.1, 0.15) is 18.1 Å². The van der Waals surface area contributed by atoms with E-state index in [1.54, 1.807) is 4.90 Å². The number of primary amides is 1. The molecule has 2 N–H and O–H groups in total. The van der Waals surface area contributed by atoms with Crippen LogP contribution in [0.15, 0.2) is 0 Å². The molecule has 0 saturated heterocycles. The van der Waals surface area contributed by atoms with Crippen LogP contribution in [0.3, 0.4) is 0 Å². The van der Waals surface area contributed by atoms with Gasteiger partial charge in [0.05, 0.1) is 13.1 Å². The molecule has 2 rings (SSSR count). The third-order valence-electron chi connectivity index (χ3n) is 2.65. The molecule has 0 spiro atoms. The van der Waals surface area contributed by atoms with Crippen molar-refractivity contribution < 1.29 is 18.0 Å². The molecule has 0 atom stereocenters. The van der Waals surface area contributed by atoms with Crippen LogP contribution < -0.4 is 5.73 Å². The molecule has 0 unspecified atom stereocenters. The first-order valence-electron chi connectivity index (χ1n) is 5.33. The van der Waals surface area contributed by atoms with Gasteiger partial charge >= 0.3 is 6.18 Å². The van der Waals surface area contributed by atoms with Crippen molar-refractivity contribution >= 4 is 5.91 Å². The number of nitrogens with two attached hydrogens (primary N) is 1. The normalized spacial score (nSPS) is 16.6. The molecule has 1 amide bonds. The van der Waals surface area contributed by atoms with Crippen molar-refractivity contribution in [1.82, 2.24) is 19.7 Å². The SMILES string of the molecule is NC(=O)CN1CCn2c(nnc2CC(F)(F)F)C1. The number of nitrogens with zero attached hydrogens (tertiary/aromatic N) is 4. The molecule has 100 valence electrons. The lowest BCUT2D eigenvalue weighted by Crippen LogP contribution is -2.40. The number of aromatic nitrogens is 3. The van der Waals surface area contributed by atoms with Gasteiger partial charge in [-0.2, -0.15) is 13.2 Å². The Morgan fingerprint density at radius 1 is 1.33 bits per heavy atom. The van der Waals surface area contributed by atoms with E-state index in [0.717, 1.165) is 0 Å². The summed E-state index contributed by atoms with van der Waals surface area (Å²) in [5.74, 6) is -0.128. The number of amides is 1. The van der Waals surface area contributed by atoms with Gasteiger partial charge in [-0.25, -0.2) is 0 Å². The summed E-state index contributed by atoms with van der Waals surface area (Å²) in [5, 5.41) is 7.26. The van der Waals surface area contributed by atoms with Crippen molar-refractivity contribution in [3.8, 4) is 0 Å². The Morgan fingerprint density at radius 2 is 2.06 bits per heavy atom. The van der Waals surface area contributed by atoms with Crippen molar-refractivity contribution in [1.29, 1.82) is 0 Å². The molecule has 0 bridgehead atoms. The highest BCUT2D eigenvalue weighted by atomic mass is 19.4. The summed E-state index contributed by atoms with van der Waals surface area (Å²) in [7, 11) is 0. The van der Waals surface area contributed by atoms with Gasteiger partial charge in [0.25, 0.3) is 0 Å². The minimum Gasteiger partial charge on any atom is -0.369 e. The van der Waals surface area contributed by atoms with Crippen LogP contribution in [-0.2, 0) is 24.3 Å². The first kappa shape index (κ1) is 12.8. The van der Waals surface area contributed by atoms with E-state index in [-0.39, 0.29) is 18.9 Å². The lowest BCUT2D eigenvalue weighted by Gasteiger charge is -2.26. The molecule has 9 heteroatoms. The summed E-state index contributed by atoms with van der Waals surface area (Å²) in [6.45, 7) is 1.15. The number of carbonyl (C=O) groups is 1. The standard InChI is InChI=1S/C9H12F3N5O/c10-9(11,12)3-7-14-15-8-5-16(4-6(13)18)1-2-17(7)8/h1-5H2,(H2,13,18). The fourth-order valence-corrected chi connectivity index (χ4v) is 1.93. The fraction of sp³-hybridized carbons (Fsp3) is 0.667. The molecule has 6 nitrogen and oxygen atoms in total. The van der Waals surface area contributed by atoms with Gasteiger partial charge in [-0.1, -0.05) is 0 Å². The first-order chi connectivity index (χ1) is 8.35. The minimum atomic E-state index is -4.30. The molecule has 0 radical (unpaired) electrons. The summed E-state index contributed by atoms with van der Waals surface area (Å²) in [6, 6.07) is 0. The van der Waals surface area contributed by atoms with E-state index in [1.165, 1.54) is 4.57 Å². The highest BCUT2D eigenvalue weighted by molar-refractivity contribution is 5.75. The van der Waals surface area contributed by atoms with Gasteiger partial charge < -0.3 is 10.3 Å². The second kappa shape index (κ2) is 4.56. The van der Waals surface area contributed by atoms with Crippen LogP contribution in [0.5, 0.6) is 0 Å². The van der Waals surface area contributed by atoms with Crippen LogP contribution in [0.4, 0.5) is 13.2 Å². The lowest BCUT2D eigenvalue weighted by atomic mass is 10.3. The predicted octanol–water partition coefficient (Wildman–Crippen LogP) is -0.316. The monoisotopic (exact) mass is 263 g/mol. The van der Waals surface area contributed by atoms with E-state index in [9.17, 15) is 18.0 Å². The molecule has 0 aliphatic carbocycles. The molecule has 0 fully saturated rings. The van der Waals surface area contributed by atoms with Gasteiger partial charge in [0.2, 0.25) is 5.91 Å². The molecular formula is C9H12F3N5O. The third-order valence-corrected chi connectivity index (χ3v) is 2.65. The van der Waals surface area contributed by atoms with Gasteiger partial charge in [-0.15, -0.1) is 10.2 Å². The summed E-state index contributed by atoms with van der Waals surface area (Å²) < 4.78 is 38.3. The number of hydrogen-bond donors (Lipinski definition) is 1. The number of hydrogen-bond acceptors (Lipinski definition) is 4. The second-order valence-corrected chi connectivity index (χ2v) is 4.15. The number of rotatable bonds is 3. The van der Waals surface area contributed by atoms with Gasteiger partial charge in [0.15, 0.2) is 0 Å². The zero-order chi connectivity index (χ0) is 13.3. The van der Waals surface area contributed by atoms with E-state index in [2.05, 4.69) is 10.2 Å². The highest BCUT2D eigenvalue weighted by Gasteiger charge is 2.32. The Hall–Kier alpha value is -1.64. The van der Waals surface area contributed by atoms with Crippen LogP contribution in [0, 0.1) is 0 Å². The Balaban J connectivity index is 2.10. The Kier molecular flexibility index (Phi) is 3.24. The number of alkyl halides is 3. The Bertz CT molecular complexity index is 456. The fourth-order valence-electron chi connectivity index (χ4n) is 1.93. The maximum Gasteiger partial charge on any atom is 0.396 e. The highest BCUT2D eigenvalue weighted by Crippen LogP contribution is 2.22. The quantitative estimate of drug-likeness (QED) is 0.811. The average Bonchev–Trinajstić information content (AvgIpc) is 2.57. The average molecular weight is 263 g/mol. The first-order valence-corrected chi connectivity index (χ1v) is 5.33. The van der Waals surface area contributed by atoms with Crippen LogP contribution in [0.2, 0.25) is 0 Å². The van der Waals surface area contributed by atoms with E-state index >= 15 is 0 Å². The minimum absolute atomic E-state index is 0.0709. The predicted molar refractivity (Wildman–Crippen MR) is 54.3 cm³/mol. The number of halogens is 3. The zero-order valence-electron chi connectivity index (χ0n) is 9.44. The number of carbonyl (C=O) groups excluding carboxylic acids is 1. The summed E-state index contributed by atoms with van der Waals surface area (Å²) in [6.07, 6.45) is -5.38. The third kappa shape index (κ3) is 2.97. The van der Waals surface area contributed by atoms with E-state index in [4.69, 9.17) is 5.73 Å². The van der Waals surface area contributed by atoms with Crippen LogP contribution >= 0.6 is 0 Å².